The van der Waals surface area contributed by atoms with Gasteiger partial charge in [-0.25, -0.2) is 0 Å². The molecule has 0 saturated heterocycles. The van der Waals surface area contributed by atoms with Crippen molar-refractivity contribution < 1.29 is 14.3 Å². The quantitative estimate of drug-likeness (QED) is 0.571. The van der Waals surface area contributed by atoms with E-state index in [2.05, 4.69) is 0 Å². The number of aromatic hydroxyl groups is 1. The molecule has 1 aromatic heterocycles. The van der Waals surface area contributed by atoms with Crippen molar-refractivity contribution >= 4 is 11.0 Å². The first-order valence-electron chi connectivity index (χ1n) is 8.63. The van der Waals surface area contributed by atoms with E-state index in [4.69, 9.17) is 9.15 Å². The minimum Gasteiger partial charge on any atom is -0.508 e. The van der Waals surface area contributed by atoms with Crippen LogP contribution < -0.4 is 10.2 Å². The van der Waals surface area contributed by atoms with Crippen LogP contribution in [0.3, 0.4) is 0 Å². The number of benzene rings is 3. The van der Waals surface area contributed by atoms with Gasteiger partial charge in [0.2, 0.25) is 0 Å². The van der Waals surface area contributed by atoms with Crippen molar-refractivity contribution in [3.63, 3.8) is 0 Å². The number of methoxy groups -OCH3 is 1. The molecular weight excluding hydrogens is 340 g/mol. The molecule has 0 saturated carbocycles. The Hall–Kier alpha value is -3.53. The van der Waals surface area contributed by atoms with Crippen molar-refractivity contribution in [3.8, 4) is 22.8 Å². The number of hydrogen-bond donors (Lipinski definition) is 1. The highest BCUT2D eigenvalue weighted by Crippen LogP contribution is 2.30. The molecule has 4 nitrogen and oxygen atoms in total. The Bertz CT molecular complexity index is 1160. The molecule has 0 aliphatic rings. The van der Waals surface area contributed by atoms with E-state index in [-0.39, 0.29) is 17.6 Å². The fourth-order valence-electron chi connectivity index (χ4n) is 3.17. The van der Waals surface area contributed by atoms with Gasteiger partial charge < -0.3 is 14.3 Å². The first kappa shape index (κ1) is 16.9. The minimum absolute atomic E-state index is 0.0917. The number of para-hydroxylation sites is 2. The molecule has 0 atom stereocenters. The van der Waals surface area contributed by atoms with E-state index in [0.717, 1.165) is 11.3 Å². The Labute approximate surface area is 156 Å². The Morgan fingerprint density at radius 2 is 1.63 bits per heavy atom. The number of phenols is 1. The van der Waals surface area contributed by atoms with Crippen molar-refractivity contribution in [1.82, 2.24) is 0 Å². The Balaban J connectivity index is 1.95. The largest absolute Gasteiger partial charge is 0.508 e. The fraction of sp³-hybridized carbons (Fsp3) is 0.0870. The maximum atomic E-state index is 13.2. The molecule has 1 N–H and O–H groups in total. The van der Waals surface area contributed by atoms with Gasteiger partial charge in [-0.15, -0.1) is 0 Å². The summed E-state index contributed by atoms with van der Waals surface area (Å²) < 4.78 is 11.3. The molecule has 0 aliphatic heterocycles. The predicted octanol–water partition coefficient (Wildman–Crippen LogP) is 4.77. The number of phenolic OH excluding ortho intramolecular Hbond substituents is 1. The van der Waals surface area contributed by atoms with Crippen molar-refractivity contribution in [2.45, 2.75) is 6.42 Å². The average molecular weight is 358 g/mol. The highest BCUT2D eigenvalue weighted by molar-refractivity contribution is 5.80. The summed E-state index contributed by atoms with van der Waals surface area (Å²) in [6.07, 6.45) is 0.279. The lowest BCUT2D eigenvalue weighted by Gasteiger charge is -2.12. The summed E-state index contributed by atoms with van der Waals surface area (Å²) in [7, 11) is 1.61. The van der Waals surface area contributed by atoms with Crippen molar-refractivity contribution in [3.05, 3.63) is 94.1 Å². The lowest BCUT2D eigenvalue weighted by molar-refractivity contribution is 0.415. The van der Waals surface area contributed by atoms with E-state index >= 15 is 0 Å². The third kappa shape index (κ3) is 3.17. The van der Waals surface area contributed by atoms with Gasteiger partial charge >= 0.3 is 0 Å². The van der Waals surface area contributed by atoms with Gasteiger partial charge in [-0.05, 0) is 48.0 Å². The summed E-state index contributed by atoms with van der Waals surface area (Å²) in [5.41, 5.74) is 2.42. The fourth-order valence-corrected chi connectivity index (χ4v) is 3.17. The van der Waals surface area contributed by atoms with Crippen molar-refractivity contribution in [1.29, 1.82) is 0 Å². The van der Waals surface area contributed by atoms with Crippen LogP contribution in [0, 0.1) is 0 Å². The molecule has 134 valence electrons. The van der Waals surface area contributed by atoms with Gasteiger partial charge in [0.1, 0.15) is 22.8 Å². The molecule has 0 spiro atoms. The second-order valence-corrected chi connectivity index (χ2v) is 6.27. The molecule has 0 amide bonds. The molecule has 0 bridgehead atoms. The molecule has 0 unspecified atom stereocenters. The van der Waals surface area contributed by atoms with Crippen LogP contribution in [0.5, 0.6) is 11.5 Å². The van der Waals surface area contributed by atoms with Crippen LogP contribution in [0.4, 0.5) is 0 Å². The van der Waals surface area contributed by atoms with Crippen LogP contribution >= 0.6 is 0 Å². The van der Waals surface area contributed by atoms with E-state index < -0.39 is 0 Å². The number of hydrogen-bond acceptors (Lipinski definition) is 4. The van der Waals surface area contributed by atoms with Crippen LogP contribution in [0.15, 0.2) is 82.0 Å². The summed E-state index contributed by atoms with van der Waals surface area (Å²) in [6, 6.07) is 21.6. The molecular formula is C23H18O4. The zero-order valence-corrected chi connectivity index (χ0v) is 14.8. The molecule has 4 heteroatoms. The van der Waals surface area contributed by atoms with Gasteiger partial charge in [-0.1, -0.05) is 30.3 Å². The topological polar surface area (TPSA) is 59.7 Å². The van der Waals surface area contributed by atoms with Crippen molar-refractivity contribution in [2.75, 3.05) is 7.11 Å². The van der Waals surface area contributed by atoms with E-state index in [9.17, 15) is 9.90 Å². The Morgan fingerprint density at radius 3 is 2.37 bits per heavy atom. The zero-order valence-electron chi connectivity index (χ0n) is 14.8. The molecule has 27 heavy (non-hydrogen) atoms. The molecule has 4 aromatic rings. The van der Waals surface area contributed by atoms with Gasteiger partial charge in [0.25, 0.3) is 0 Å². The van der Waals surface area contributed by atoms with Crippen LogP contribution in [-0.4, -0.2) is 12.2 Å². The molecule has 0 aliphatic carbocycles. The smallest absolute Gasteiger partial charge is 0.196 e. The van der Waals surface area contributed by atoms with Crippen LogP contribution in [0.2, 0.25) is 0 Å². The first-order valence-corrected chi connectivity index (χ1v) is 8.63. The lowest BCUT2D eigenvalue weighted by atomic mass is 9.98. The van der Waals surface area contributed by atoms with Gasteiger partial charge in [-0.3, -0.25) is 4.79 Å². The van der Waals surface area contributed by atoms with Crippen molar-refractivity contribution in [2.24, 2.45) is 0 Å². The highest BCUT2D eigenvalue weighted by atomic mass is 16.5. The molecule has 0 fully saturated rings. The summed E-state index contributed by atoms with van der Waals surface area (Å²) in [4.78, 5) is 13.2. The van der Waals surface area contributed by atoms with Crippen LogP contribution in [-0.2, 0) is 6.42 Å². The SMILES string of the molecule is COc1ccc(-c2oc3ccccc3c(=O)c2Cc2ccccc2O)cc1. The maximum Gasteiger partial charge on any atom is 0.196 e. The predicted molar refractivity (Wildman–Crippen MR) is 105 cm³/mol. The third-order valence-electron chi connectivity index (χ3n) is 4.60. The Morgan fingerprint density at radius 1 is 0.926 bits per heavy atom. The zero-order chi connectivity index (χ0) is 18.8. The normalized spacial score (nSPS) is 10.9. The highest BCUT2D eigenvalue weighted by Gasteiger charge is 2.17. The standard InChI is InChI=1S/C23H18O4/c1-26-17-12-10-15(11-13-17)23-19(14-16-6-2-4-8-20(16)24)22(25)18-7-3-5-9-21(18)27-23/h2-13,24H,14H2,1H3. The third-order valence-corrected chi connectivity index (χ3v) is 4.60. The van der Waals surface area contributed by atoms with Gasteiger partial charge in [0.15, 0.2) is 5.43 Å². The molecule has 3 aromatic carbocycles. The number of ether oxygens (including phenoxy) is 1. The summed E-state index contributed by atoms with van der Waals surface area (Å²) in [6.45, 7) is 0. The van der Waals surface area contributed by atoms with Gasteiger partial charge in [0, 0.05) is 17.5 Å². The van der Waals surface area contributed by atoms with Gasteiger partial charge in [0.05, 0.1) is 12.5 Å². The van der Waals surface area contributed by atoms with E-state index in [1.807, 2.05) is 48.5 Å². The second kappa shape index (κ2) is 7.00. The molecule has 0 radical (unpaired) electrons. The summed E-state index contributed by atoms with van der Waals surface area (Å²) >= 11 is 0. The van der Waals surface area contributed by atoms with Crippen LogP contribution in [0.1, 0.15) is 11.1 Å². The number of fused-ring (bicyclic) bond motifs is 1. The molecule has 1 heterocycles. The molecule has 4 rings (SSSR count). The summed E-state index contributed by atoms with van der Waals surface area (Å²) in [5.74, 6) is 1.39. The monoisotopic (exact) mass is 358 g/mol. The second-order valence-electron chi connectivity index (χ2n) is 6.27. The number of rotatable bonds is 4. The van der Waals surface area contributed by atoms with Crippen LogP contribution in [0.25, 0.3) is 22.3 Å². The van der Waals surface area contributed by atoms with Gasteiger partial charge in [-0.2, -0.15) is 0 Å². The van der Waals surface area contributed by atoms with E-state index in [1.165, 1.54) is 0 Å². The van der Waals surface area contributed by atoms with E-state index in [0.29, 0.717) is 27.9 Å². The first-order chi connectivity index (χ1) is 13.2. The lowest BCUT2D eigenvalue weighted by Crippen LogP contribution is -2.12. The average Bonchev–Trinajstić information content (AvgIpc) is 2.71. The summed E-state index contributed by atoms with van der Waals surface area (Å²) in [5, 5.41) is 10.7. The minimum atomic E-state index is -0.0917. The van der Waals surface area contributed by atoms with E-state index in [1.54, 1.807) is 31.4 Å². The maximum absolute atomic E-state index is 13.2. The Kier molecular flexibility index (Phi) is 4.38.